The highest BCUT2D eigenvalue weighted by atomic mass is 16.2. The maximum atomic E-state index is 12.6. The van der Waals surface area contributed by atoms with E-state index in [0.29, 0.717) is 6.04 Å². The van der Waals surface area contributed by atoms with Gasteiger partial charge in [0.05, 0.1) is 0 Å². The molecule has 0 aliphatic carbocycles. The molecule has 1 aliphatic heterocycles. The highest BCUT2D eigenvalue weighted by Crippen LogP contribution is 2.21. The monoisotopic (exact) mass is 260 g/mol. The Morgan fingerprint density at radius 2 is 2.11 bits per heavy atom. The van der Waals surface area contributed by atoms with Gasteiger partial charge in [-0.25, -0.2) is 0 Å². The maximum absolute atomic E-state index is 12.6. The molecule has 1 N–H and O–H groups in total. The molecule has 1 aliphatic rings. The molecule has 2 rings (SSSR count). The summed E-state index contributed by atoms with van der Waals surface area (Å²) in [5.74, 6) is 0.181. The number of anilines is 1. The summed E-state index contributed by atoms with van der Waals surface area (Å²) < 4.78 is 0. The van der Waals surface area contributed by atoms with Crippen LogP contribution in [0.2, 0.25) is 0 Å². The number of nitrogens with one attached hydrogen (secondary N) is 1. The first kappa shape index (κ1) is 13.9. The molecule has 1 aromatic carbocycles. The van der Waals surface area contributed by atoms with Crippen LogP contribution in [0.1, 0.15) is 48.5 Å². The van der Waals surface area contributed by atoms with E-state index >= 15 is 0 Å². The van der Waals surface area contributed by atoms with Crippen LogP contribution in [0.5, 0.6) is 0 Å². The molecule has 3 nitrogen and oxygen atoms in total. The van der Waals surface area contributed by atoms with Crippen molar-refractivity contribution in [2.45, 2.75) is 45.6 Å². The molecule has 0 radical (unpaired) electrons. The summed E-state index contributed by atoms with van der Waals surface area (Å²) in [7, 11) is 1.90. The minimum Gasteiger partial charge on any atom is -0.388 e. The molecule has 1 amide bonds. The molecule has 1 atom stereocenters. The van der Waals surface area contributed by atoms with Gasteiger partial charge in [-0.2, -0.15) is 0 Å². The minimum atomic E-state index is 0.181. The van der Waals surface area contributed by atoms with Gasteiger partial charge in [-0.1, -0.05) is 12.8 Å². The zero-order chi connectivity index (χ0) is 13.8. The molecule has 0 bridgehead atoms. The largest absolute Gasteiger partial charge is 0.388 e. The van der Waals surface area contributed by atoms with Gasteiger partial charge in [0.2, 0.25) is 0 Å². The van der Waals surface area contributed by atoms with Gasteiger partial charge in [-0.15, -0.1) is 0 Å². The van der Waals surface area contributed by atoms with Crippen LogP contribution < -0.4 is 5.32 Å². The van der Waals surface area contributed by atoms with E-state index in [0.717, 1.165) is 36.2 Å². The van der Waals surface area contributed by atoms with E-state index in [-0.39, 0.29) is 5.91 Å². The van der Waals surface area contributed by atoms with Gasteiger partial charge in [0.15, 0.2) is 0 Å². The second-order valence-corrected chi connectivity index (χ2v) is 5.48. The first-order valence-electron chi connectivity index (χ1n) is 7.23. The number of benzene rings is 1. The Morgan fingerprint density at radius 3 is 2.79 bits per heavy atom. The SMILES string of the molecule is CNc1ccc(C(=O)N2CCCCCC2C)cc1C. The molecule has 0 aromatic heterocycles. The number of amides is 1. The smallest absolute Gasteiger partial charge is 0.254 e. The highest BCUT2D eigenvalue weighted by Gasteiger charge is 2.23. The van der Waals surface area contributed by atoms with Crippen molar-refractivity contribution in [1.82, 2.24) is 4.90 Å². The van der Waals surface area contributed by atoms with E-state index in [4.69, 9.17) is 0 Å². The Labute approximate surface area is 116 Å². The van der Waals surface area contributed by atoms with E-state index in [1.165, 1.54) is 12.8 Å². The zero-order valence-corrected chi connectivity index (χ0v) is 12.2. The lowest BCUT2D eigenvalue weighted by molar-refractivity contribution is 0.0698. The zero-order valence-electron chi connectivity index (χ0n) is 12.2. The fourth-order valence-corrected chi connectivity index (χ4v) is 2.82. The molecule has 1 fully saturated rings. The van der Waals surface area contributed by atoms with Crippen LogP contribution in [0.25, 0.3) is 0 Å². The van der Waals surface area contributed by atoms with Crippen LogP contribution in [0.4, 0.5) is 5.69 Å². The predicted molar refractivity (Wildman–Crippen MR) is 79.7 cm³/mol. The normalized spacial score (nSPS) is 19.9. The lowest BCUT2D eigenvalue weighted by Gasteiger charge is -2.27. The molecule has 19 heavy (non-hydrogen) atoms. The van der Waals surface area contributed by atoms with E-state index in [1.807, 2.05) is 37.1 Å². The van der Waals surface area contributed by atoms with Gasteiger partial charge in [-0.3, -0.25) is 4.79 Å². The number of hydrogen-bond donors (Lipinski definition) is 1. The van der Waals surface area contributed by atoms with Crippen molar-refractivity contribution in [3.05, 3.63) is 29.3 Å². The summed E-state index contributed by atoms with van der Waals surface area (Å²) in [5.41, 5.74) is 3.02. The van der Waals surface area contributed by atoms with Crippen molar-refractivity contribution in [1.29, 1.82) is 0 Å². The Bertz CT molecular complexity index is 456. The van der Waals surface area contributed by atoms with E-state index in [2.05, 4.69) is 12.2 Å². The van der Waals surface area contributed by atoms with Crippen molar-refractivity contribution < 1.29 is 4.79 Å². The van der Waals surface area contributed by atoms with E-state index in [1.54, 1.807) is 0 Å². The van der Waals surface area contributed by atoms with Crippen LogP contribution in [0.15, 0.2) is 18.2 Å². The van der Waals surface area contributed by atoms with Gasteiger partial charge in [0.1, 0.15) is 0 Å². The Hall–Kier alpha value is -1.51. The molecule has 3 heteroatoms. The van der Waals surface area contributed by atoms with Crippen LogP contribution >= 0.6 is 0 Å². The summed E-state index contributed by atoms with van der Waals surface area (Å²) in [6, 6.07) is 6.27. The molecule has 0 saturated carbocycles. The first-order valence-corrected chi connectivity index (χ1v) is 7.23. The van der Waals surface area contributed by atoms with Crippen LogP contribution in [-0.4, -0.2) is 30.4 Å². The second kappa shape index (κ2) is 6.09. The topological polar surface area (TPSA) is 32.3 Å². The fourth-order valence-electron chi connectivity index (χ4n) is 2.82. The number of nitrogens with zero attached hydrogens (tertiary/aromatic N) is 1. The van der Waals surface area contributed by atoms with Gasteiger partial charge < -0.3 is 10.2 Å². The minimum absolute atomic E-state index is 0.181. The van der Waals surface area contributed by atoms with E-state index < -0.39 is 0 Å². The Morgan fingerprint density at radius 1 is 1.32 bits per heavy atom. The molecule has 104 valence electrons. The highest BCUT2D eigenvalue weighted by molar-refractivity contribution is 5.95. The summed E-state index contributed by atoms with van der Waals surface area (Å²) in [5, 5.41) is 3.13. The maximum Gasteiger partial charge on any atom is 0.254 e. The summed E-state index contributed by atoms with van der Waals surface area (Å²) >= 11 is 0. The number of carbonyl (C=O) groups is 1. The molecular formula is C16H24N2O. The standard InChI is InChI=1S/C16H24N2O/c1-12-11-14(8-9-15(12)17-3)16(19)18-10-6-4-5-7-13(18)2/h8-9,11,13,17H,4-7,10H2,1-3H3. The Balaban J connectivity index is 2.20. The average molecular weight is 260 g/mol. The first-order chi connectivity index (χ1) is 9.13. The van der Waals surface area contributed by atoms with Gasteiger partial charge in [-0.05, 0) is 50.5 Å². The molecular weight excluding hydrogens is 236 g/mol. The second-order valence-electron chi connectivity index (χ2n) is 5.48. The van der Waals surface area contributed by atoms with Crippen molar-refractivity contribution in [3.8, 4) is 0 Å². The molecule has 1 aromatic rings. The lowest BCUT2D eigenvalue weighted by atomic mass is 10.1. The van der Waals surface area contributed by atoms with Crippen molar-refractivity contribution in [2.75, 3.05) is 18.9 Å². The summed E-state index contributed by atoms with van der Waals surface area (Å²) in [4.78, 5) is 14.7. The van der Waals surface area contributed by atoms with Crippen LogP contribution in [0.3, 0.4) is 0 Å². The van der Waals surface area contributed by atoms with Gasteiger partial charge in [0.25, 0.3) is 5.91 Å². The third kappa shape index (κ3) is 3.09. The summed E-state index contributed by atoms with van der Waals surface area (Å²) in [6.45, 7) is 5.10. The number of carbonyl (C=O) groups excluding carboxylic acids is 1. The number of likely N-dealkylation sites (tertiary alicyclic amines) is 1. The third-order valence-electron chi connectivity index (χ3n) is 4.06. The third-order valence-corrected chi connectivity index (χ3v) is 4.06. The molecule has 0 spiro atoms. The number of aryl methyl sites for hydroxylation is 1. The quantitative estimate of drug-likeness (QED) is 0.883. The van der Waals surface area contributed by atoms with Gasteiger partial charge in [0, 0.05) is 30.9 Å². The number of rotatable bonds is 2. The van der Waals surface area contributed by atoms with E-state index in [9.17, 15) is 4.79 Å². The lowest BCUT2D eigenvalue weighted by Crippen LogP contribution is -2.38. The molecule has 1 saturated heterocycles. The van der Waals surface area contributed by atoms with Crippen LogP contribution in [0, 0.1) is 6.92 Å². The molecule has 1 heterocycles. The molecule has 1 unspecified atom stereocenters. The predicted octanol–water partition coefficient (Wildman–Crippen LogP) is 3.44. The van der Waals surface area contributed by atoms with Crippen molar-refractivity contribution in [2.24, 2.45) is 0 Å². The van der Waals surface area contributed by atoms with Crippen LogP contribution in [-0.2, 0) is 0 Å². The summed E-state index contributed by atoms with van der Waals surface area (Å²) in [6.07, 6.45) is 4.73. The fraction of sp³-hybridized carbons (Fsp3) is 0.562. The number of hydrogen-bond acceptors (Lipinski definition) is 2. The Kier molecular flexibility index (Phi) is 4.46. The average Bonchev–Trinajstić information content (AvgIpc) is 2.62. The van der Waals surface area contributed by atoms with Crippen molar-refractivity contribution >= 4 is 11.6 Å². The van der Waals surface area contributed by atoms with Gasteiger partial charge >= 0.3 is 0 Å². The van der Waals surface area contributed by atoms with Crippen molar-refractivity contribution in [3.63, 3.8) is 0 Å².